The molecule has 0 fully saturated rings. The molecule has 108 valence electrons. The quantitative estimate of drug-likeness (QED) is 0.513. The number of nitrogens with zero attached hydrogens (tertiary/aromatic N) is 2. The van der Waals surface area contributed by atoms with E-state index >= 15 is 0 Å². The number of nitrogens with one attached hydrogen (secondary N) is 1. The van der Waals surface area contributed by atoms with Crippen molar-refractivity contribution in [2.75, 3.05) is 5.43 Å². The van der Waals surface area contributed by atoms with Gasteiger partial charge in [-0.15, -0.1) is 0 Å². The van der Waals surface area contributed by atoms with Crippen molar-refractivity contribution in [2.45, 2.75) is 6.92 Å². The summed E-state index contributed by atoms with van der Waals surface area (Å²) in [6.45, 7) is 1.58. The van der Waals surface area contributed by atoms with Crippen LogP contribution in [0.2, 0.25) is 0 Å². The molecule has 0 aliphatic carbocycles. The zero-order valence-corrected chi connectivity index (χ0v) is 11.1. The molecule has 0 unspecified atom stereocenters. The standard InChI is InChI=1S/C14H12FN3O3/c1-9(13-7-10(15)5-6-14(13)19)16-17-11-3-2-4-12(8-11)18(20)21/h2-8,17,19H,1H3/b16-9+. The molecular formula is C14H12FN3O3. The highest BCUT2D eigenvalue weighted by atomic mass is 19.1. The summed E-state index contributed by atoms with van der Waals surface area (Å²) < 4.78 is 13.2. The summed E-state index contributed by atoms with van der Waals surface area (Å²) in [4.78, 5) is 10.1. The smallest absolute Gasteiger partial charge is 0.271 e. The van der Waals surface area contributed by atoms with E-state index in [1.54, 1.807) is 13.0 Å². The third kappa shape index (κ3) is 3.53. The lowest BCUT2D eigenvalue weighted by Crippen LogP contribution is -2.01. The lowest BCUT2D eigenvalue weighted by Gasteiger charge is -2.05. The number of anilines is 1. The van der Waals surface area contributed by atoms with Gasteiger partial charge >= 0.3 is 0 Å². The zero-order valence-electron chi connectivity index (χ0n) is 11.1. The van der Waals surface area contributed by atoms with Gasteiger partial charge in [-0.2, -0.15) is 5.10 Å². The molecular weight excluding hydrogens is 277 g/mol. The van der Waals surface area contributed by atoms with Gasteiger partial charge in [-0.25, -0.2) is 4.39 Å². The van der Waals surface area contributed by atoms with Crippen molar-refractivity contribution in [3.05, 3.63) is 64.0 Å². The minimum Gasteiger partial charge on any atom is -0.507 e. The van der Waals surface area contributed by atoms with E-state index in [4.69, 9.17) is 0 Å². The van der Waals surface area contributed by atoms with Crippen molar-refractivity contribution < 1.29 is 14.4 Å². The summed E-state index contributed by atoms with van der Waals surface area (Å²) in [5.41, 5.74) is 3.57. The highest BCUT2D eigenvalue weighted by molar-refractivity contribution is 6.01. The Morgan fingerprint density at radius 1 is 1.33 bits per heavy atom. The van der Waals surface area contributed by atoms with Crippen molar-refractivity contribution >= 4 is 17.1 Å². The number of rotatable bonds is 4. The molecule has 6 nitrogen and oxygen atoms in total. The second kappa shape index (κ2) is 6.00. The van der Waals surface area contributed by atoms with Crippen LogP contribution < -0.4 is 5.43 Å². The van der Waals surface area contributed by atoms with Crippen LogP contribution in [-0.4, -0.2) is 15.7 Å². The first-order chi connectivity index (χ1) is 9.97. The summed E-state index contributed by atoms with van der Waals surface area (Å²) in [6.07, 6.45) is 0. The second-order valence-corrected chi connectivity index (χ2v) is 4.28. The normalized spacial score (nSPS) is 11.2. The van der Waals surface area contributed by atoms with Gasteiger partial charge in [0, 0.05) is 17.7 Å². The van der Waals surface area contributed by atoms with Crippen LogP contribution >= 0.6 is 0 Å². The Labute approximate surface area is 119 Å². The Morgan fingerprint density at radius 2 is 2.10 bits per heavy atom. The van der Waals surface area contributed by atoms with Crippen LogP contribution in [0.15, 0.2) is 47.6 Å². The highest BCUT2D eigenvalue weighted by Gasteiger charge is 2.07. The third-order valence-electron chi connectivity index (χ3n) is 2.76. The van der Waals surface area contributed by atoms with Crippen molar-refractivity contribution in [3.8, 4) is 5.75 Å². The maximum atomic E-state index is 13.2. The molecule has 0 aliphatic rings. The fraction of sp³-hybridized carbons (Fsp3) is 0.0714. The monoisotopic (exact) mass is 289 g/mol. The van der Waals surface area contributed by atoms with Crippen LogP contribution in [0.1, 0.15) is 12.5 Å². The number of hydrazone groups is 1. The number of aromatic hydroxyl groups is 1. The summed E-state index contributed by atoms with van der Waals surface area (Å²) >= 11 is 0. The molecule has 0 atom stereocenters. The molecule has 2 N–H and O–H groups in total. The van der Waals surface area contributed by atoms with Gasteiger partial charge in [-0.3, -0.25) is 15.5 Å². The number of benzene rings is 2. The SMILES string of the molecule is C/C(=N\Nc1cccc([N+](=O)[O-])c1)c1cc(F)ccc1O. The number of halogens is 1. The number of phenolic OH excluding ortho intramolecular Hbond substituents is 1. The average molecular weight is 289 g/mol. The maximum Gasteiger partial charge on any atom is 0.271 e. The number of hydrogen-bond donors (Lipinski definition) is 2. The lowest BCUT2D eigenvalue weighted by molar-refractivity contribution is -0.384. The first-order valence-corrected chi connectivity index (χ1v) is 6.01. The van der Waals surface area contributed by atoms with Crippen LogP contribution in [-0.2, 0) is 0 Å². The Hall–Kier alpha value is -2.96. The van der Waals surface area contributed by atoms with Crippen LogP contribution in [0.5, 0.6) is 5.75 Å². The van der Waals surface area contributed by atoms with Gasteiger partial charge in [-0.05, 0) is 31.2 Å². The maximum absolute atomic E-state index is 13.2. The van der Waals surface area contributed by atoms with Crippen LogP contribution in [0.25, 0.3) is 0 Å². The molecule has 0 radical (unpaired) electrons. The third-order valence-corrected chi connectivity index (χ3v) is 2.76. The van der Waals surface area contributed by atoms with Crippen LogP contribution in [0.3, 0.4) is 0 Å². The molecule has 2 aromatic carbocycles. The number of phenols is 1. The minimum absolute atomic E-state index is 0.0681. The van der Waals surface area contributed by atoms with E-state index in [-0.39, 0.29) is 17.0 Å². The predicted molar refractivity (Wildman–Crippen MR) is 77.0 cm³/mol. The molecule has 0 bridgehead atoms. The van der Waals surface area contributed by atoms with Gasteiger partial charge in [0.05, 0.1) is 16.3 Å². The Bertz CT molecular complexity index is 716. The molecule has 2 aromatic rings. The fourth-order valence-electron chi connectivity index (χ4n) is 1.70. The van der Waals surface area contributed by atoms with Crippen molar-refractivity contribution in [2.24, 2.45) is 5.10 Å². The molecule has 0 saturated heterocycles. The van der Waals surface area contributed by atoms with E-state index in [2.05, 4.69) is 10.5 Å². The summed E-state index contributed by atoms with van der Waals surface area (Å²) in [7, 11) is 0. The molecule has 7 heteroatoms. The van der Waals surface area contributed by atoms with Crippen molar-refractivity contribution in [3.63, 3.8) is 0 Å². The Kier molecular flexibility index (Phi) is 4.13. The fourth-order valence-corrected chi connectivity index (χ4v) is 1.70. The number of hydrogen-bond acceptors (Lipinski definition) is 5. The van der Waals surface area contributed by atoms with Crippen LogP contribution in [0, 0.1) is 15.9 Å². The summed E-state index contributed by atoms with van der Waals surface area (Å²) in [5, 5.41) is 24.3. The Morgan fingerprint density at radius 3 is 2.81 bits per heavy atom. The van der Waals surface area contributed by atoms with Gasteiger partial charge in [0.15, 0.2) is 0 Å². The van der Waals surface area contributed by atoms with Gasteiger partial charge in [0.25, 0.3) is 5.69 Å². The largest absolute Gasteiger partial charge is 0.507 e. The molecule has 0 aromatic heterocycles. The zero-order chi connectivity index (χ0) is 15.4. The van der Waals surface area contributed by atoms with E-state index in [1.807, 2.05) is 0 Å². The van der Waals surface area contributed by atoms with E-state index in [1.165, 1.54) is 24.3 Å². The van der Waals surface area contributed by atoms with Crippen molar-refractivity contribution in [1.82, 2.24) is 0 Å². The van der Waals surface area contributed by atoms with Gasteiger partial charge in [-0.1, -0.05) is 6.07 Å². The summed E-state index contributed by atoms with van der Waals surface area (Å²) in [6, 6.07) is 9.34. The lowest BCUT2D eigenvalue weighted by atomic mass is 10.1. The van der Waals surface area contributed by atoms with Gasteiger partial charge in [0.2, 0.25) is 0 Å². The van der Waals surface area contributed by atoms with E-state index < -0.39 is 10.7 Å². The van der Waals surface area contributed by atoms with Gasteiger partial charge in [0.1, 0.15) is 11.6 Å². The van der Waals surface area contributed by atoms with E-state index in [0.717, 1.165) is 12.1 Å². The van der Waals surface area contributed by atoms with E-state index in [9.17, 15) is 19.6 Å². The first kappa shape index (κ1) is 14.4. The molecule has 0 spiro atoms. The first-order valence-electron chi connectivity index (χ1n) is 6.01. The molecule has 0 aliphatic heterocycles. The second-order valence-electron chi connectivity index (χ2n) is 4.28. The topological polar surface area (TPSA) is 87.8 Å². The molecule has 0 heterocycles. The molecule has 21 heavy (non-hydrogen) atoms. The Balaban J connectivity index is 2.22. The average Bonchev–Trinajstić information content (AvgIpc) is 2.47. The predicted octanol–water partition coefficient (Wildman–Crippen LogP) is 3.28. The van der Waals surface area contributed by atoms with E-state index in [0.29, 0.717) is 11.4 Å². The van der Waals surface area contributed by atoms with Crippen molar-refractivity contribution in [1.29, 1.82) is 0 Å². The molecule has 0 saturated carbocycles. The van der Waals surface area contributed by atoms with Gasteiger partial charge < -0.3 is 5.11 Å². The summed E-state index contributed by atoms with van der Waals surface area (Å²) in [5.74, 6) is -0.591. The number of non-ortho nitro benzene ring substituents is 1. The minimum atomic E-state index is -0.514. The highest BCUT2D eigenvalue weighted by Crippen LogP contribution is 2.20. The molecule has 2 rings (SSSR count). The number of nitro benzene ring substituents is 1. The molecule has 0 amide bonds. The van der Waals surface area contributed by atoms with Crippen LogP contribution in [0.4, 0.5) is 15.8 Å². The number of nitro groups is 1.